The lowest BCUT2D eigenvalue weighted by Crippen LogP contribution is -2.52. The fourth-order valence-corrected chi connectivity index (χ4v) is 1.24. The van der Waals surface area contributed by atoms with Crippen molar-refractivity contribution in [2.45, 2.75) is 6.04 Å². The van der Waals surface area contributed by atoms with Gasteiger partial charge in [-0.05, 0) is 0 Å². The topological polar surface area (TPSA) is 62.1 Å². The van der Waals surface area contributed by atoms with Gasteiger partial charge in [0.1, 0.15) is 0 Å². The summed E-state index contributed by atoms with van der Waals surface area (Å²) in [6.45, 7) is 5.89. The third kappa shape index (κ3) is 3.67. The van der Waals surface area contributed by atoms with Crippen molar-refractivity contribution in [2.24, 2.45) is 5.73 Å². The Balaban J connectivity index is 1.96. The average Bonchev–Trinajstić information content (AvgIpc) is 2.07. The van der Waals surface area contributed by atoms with Gasteiger partial charge in [-0.3, -0.25) is 0 Å². The van der Waals surface area contributed by atoms with Gasteiger partial charge in [0.05, 0.1) is 0 Å². The van der Waals surface area contributed by atoms with Crippen LogP contribution in [-0.2, 0) is 0 Å². The zero-order valence-corrected chi connectivity index (χ0v) is 6.90. The molecule has 0 amide bonds. The van der Waals surface area contributed by atoms with Crippen LogP contribution in [0, 0.1) is 0 Å². The van der Waals surface area contributed by atoms with E-state index >= 15 is 0 Å². The highest BCUT2D eigenvalue weighted by Crippen LogP contribution is 1.83. The quantitative estimate of drug-likeness (QED) is 0.361. The van der Waals surface area contributed by atoms with Crippen LogP contribution in [0.25, 0.3) is 0 Å². The van der Waals surface area contributed by atoms with Crippen molar-refractivity contribution in [1.82, 2.24) is 16.0 Å². The predicted molar refractivity (Wildman–Crippen MR) is 46.6 cm³/mol. The van der Waals surface area contributed by atoms with Gasteiger partial charge < -0.3 is 21.7 Å². The molecule has 0 radical (unpaired) electrons. The van der Waals surface area contributed by atoms with Gasteiger partial charge in [0, 0.05) is 45.3 Å². The summed E-state index contributed by atoms with van der Waals surface area (Å²) < 4.78 is 0. The summed E-state index contributed by atoms with van der Waals surface area (Å²) >= 11 is 0. The molecule has 1 saturated heterocycles. The Morgan fingerprint density at radius 1 is 1.45 bits per heavy atom. The van der Waals surface area contributed by atoms with Gasteiger partial charge in [0.15, 0.2) is 0 Å². The maximum absolute atomic E-state index is 5.35. The standard InChI is InChI=1S/C7H18N4/c8-1-2-9-5-7-6-10-3-4-11-7/h7,9-11H,1-6,8H2/t7-/m1/s1. The lowest BCUT2D eigenvalue weighted by molar-refractivity contribution is 0.401. The Bertz CT molecular complexity index is 90.4. The third-order valence-corrected chi connectivity index (χ3v) is 1.84. The molecule has 0 spiro atoms. The van der Waals surface area contributed by atoms with Crippen molar-refractivity contribution >= 4 is 0 Å². The zero-order chi connectivity index (χ0) is 7.94. The highest BCUT2D eigenvalue weighted by Gasteiger charge is 2.09. The summed E-state index contributed by atoms with van der Waals surface area (Å²) in [4.78, 5) is 0. The Kier molecular flexibility index (Phi) is 4.45. The molecule has 1 fully saturated rings. The molecule has 5 N–H and O–H groups in total. The van der Waals surface area contributed by atoms with Crippen LogP contribution in [0.4, 0.5) is 0 Å². The van der Waals surface area contributed by atoms with Gasteiger partial charge in [-0.25, -0.2) is 0 Å². The van der Waals surface area contributed by atoms with E-state index < -0.39 is 0 Å². The van der Waals surface area contributed by atoms with Crippen molar-refractivity contribution in [3.05, 3.63) is 0 Å². The molecule has 0 aromatic rings. The Labute approximate surface area is 67.9 Å². The zero-order valence-electron chi connectivity index (χ0n) is 6.90. The second kappa shape index (κ2) is 5.49. The normalized spacial score (nSPS) is 25.4. The number of hydrogen-bond acceptors (Lipinski definition) is 4. The van der Waals surface area contributed by atoms with Crippen molar-refractivity contribution in [3.63, 3.8) is 0 Å². The van der Waals surface area contributed by atoms with Crippen LogP contribution in [0.1, 0.15) is 0 Å². The molecule has 1 heterocycles. The average molecular weight is 158 g/mol. The molecule has 0 bridgehead atoms. The van der Waals surface area contributed by atoms with Crippen LogP contribution < -0.4 is 21.7 Å². The summed E-state index contributed by atoms with van der Waals surface area (Å²) in [5.74, 6) is 0. The minimum absolute atomic E-state index is 0.579. The first-order valence-corrected chi connectivity index (χ1v) is 4.28. The van der Waals surface area contributed by atoms with Gasteiger partial charge in [-0.15, -0.1) is 0 Å². The molecule has 0 aliphatic carbocycles. The van der Waals surface area contributed by atoms with Crippen LogP contribution in [0.3, 0.4) is 0 Å². The molecule has 1 aliphatic heterocycles. The van der Waals surface area contributed by atoms with Crippen LogP contribution >= 0.6 is 0 Å². The molecule has 0 unspecified atom stereocenters. The Hall–Kier alpha value is -0.160. The van der Waals surface area contributed by atoms with Gasteiger partial charge in [0.2, 0.25) is 0 Å². The van der Waals surface area contributed by atoms with Crippen molar-refractivity contribution in [1.29, 1.82) is 0 Å². The molecule has 0 aromatic heterocycles. The fourth-order valence-electron chi connectivity index (χ4n) is 1.24. The second-order valence-corrected chi connectivity index (χ2v) is 2.85. The summed E-state index contributed by atoms with van der Waals surface area (Å²) in [6, 6.07) is 0.579. The summed E-state index contributed by atoms with van der Waals surface area (Å²) in [7, 11) is 0. The largest absolute Gasteiger partial charge is 0.329 e. The first-order valence-electron chi connectivity index (χ1n) is 4.28. The number of hydrogen-bond donors (Lipinski definition) is 4. The minimum atomic E-state index is 0.579. The number of nitrogens with two attached hydrogens (primary N) is 1. The lowest BCUT2D eigenvalue weighted by atomic mass is 10.2. The van der Waals surface area contributed by atoms with Gasteiger partial charge in [-0.1, -0.05) is 0 Å². The third-order valence-electron chi connectivity index (χ3n) is 1.84. The smallest absolute Gasteiger partial charge is 0.0318 e. The number of nitrogens with one attached hydrogen (secondary N) is 3. The molecule has 4 nitrogen and oxygen atoms in total. The van der Waals surface area contributed by atoms with Gasteiger partial charge in [-0.2, -0.15) is 0 Å². The van der Waals surface area contributed by atoms with E-state index in [0.29, 0.717) is 6.04 Å². The monoisotopic (exact) mass is 158 g/mol. The van der Waals surface area contributed by atoms with Crippen molar-refractivity contribution in [3.8, 4) is 0 Å². The van der Waals surface area contributed by atoms with E-state index in [1.165, 1.54) is 0 Å². The SMILES string of the molecule is NCCNC[C@@H]1CNCCN1. The Morgan fingerprint density at radius 2 is 2.36 bits per heavy atom. The van der Waals surface area contributed by atoms with E-state index in [4.69, 9.17) is 5.73 Å². The first-order chi connectivity index (χ1) is 5.43. The van der Waals surface area contributed by atoms with Crippen molar-refractivity contribution in [2.75, 3.05) is 39.3 Å². The lowest BCUT2D eigenvalue weighted by Gasteiger charge is -2.24. The molecule has 11 heavy (non-hydrogen) atoms. The van der Waals surface area contributed by atoms with Crippen LogP contribution in [0.15, 0.2) is 0 Å². The van der Waals surface area contributed by atoms with Crippen LogP contribution in [0.5, 0.6) is 0 Å². The van der Waals surface area contributed by atoms with Crippen LogP contribution in [-0.4, -0.2) is 45.3 Å². The van der Waals surface area contributed by atoms with Gasteiger partial charge in [0.25, 0.3) is 0 Å². The highest BCUT2D eigenvalue weighted by atomic mass is 15.1. The molecular formula is C7H18N4. The summed E-state index contributed by atoms with van der Waals surface area (Å²) in [5.41, 5.74) is 5.35. The first kappa shape index (κ1) is 8.93. The number of rotatable bonds is 4. The molecule has 66 valence electrons. The maximum atomic E-state index is 5.35. The summed E-state index contributed by atoms with van der Waals surface area (Å²) in [5, 5.41) is 10.0. The minimum Gasteiger partial charge on any atom is -0.329 e. The predicted octanol–water partition coefficient (Wildman–Crippen LogP) is -1.90. The Morgan fingerprint density at radius 3 is 3.00 bits per heavy atom. The van der Waals surface area contributed by atoms with E-state index in [1.807, 2.05) is 0 Å². The molecule has 4 heteroatoms. The second-order valence-electron chi connectivity index (χ2n) is 2.85. The molecular weight excluding hydrogens is 140 g/mol. The van der Waals surface area contributed by atoms with E-state index in [-0.39, 0.29) is 0 Å². The van der Waals surface area contributed by atoms with Gasteiger partial charge >= 0.3 is 0 Å². The van der Waals surface area contributed by atoms with E-state index in [0.717, 1.165) is 39.3 Å². The van der Waals surface area contributed by atoms with Crippen molar-refractivity contribution < 1.29 is 0 Å². The number of piperazine rings is 1. The maximum Gasteiger partial charge on any atom is 0.0318 e. The summed E-state index contributed by atoms with van der Waals surface area (Å²) in [6.07, 6.45) is 0. The molecule has 1 aliphatic rings. The van der Waals surface area contributed by atoms with E-state index in [9.17, 15) is 0 Å². The molecule has 0 saturated carbocycles. The van der Waals surface area contributed by atoms with E-state index in [2.05, 4.69) is 16.0 Å². The van der Waals surface area contributed by atoms with E-state index in [1.54, 1.807) is 0 Å². The highest BCUT2D eigenvalue weighted by molar-refractivity contribution is 4.76. The molecule has 0 aromatic carbocycles. The fraction of sp³-hybridized carbons (Fsp3) is 1.00. The molecule has 1 atom stereocenters. The molecule has 1 rings (SSSR count). The van der Waals surface area contributed by atoms with Crippen LogP contribution in [0.2, 0.25) is 0 Å².